The fourth-order valence-corrected chi connectivity index (χ4v) is 3.61. The van der Waals surface area contributed by atoms with Gasteiger partial charge in [-0.2, -0.15) is 5.10 Å². The van der Waals surface area contributed by atoms with Crippen molar-refractivity contribution in [2.45, 2.75) is 11.8 Å². The molecule has 0 saturated carbocycles. The van der Waals surface area contributed by atoms with E-state index in [0.29, 0.717) is 28.8 Å². The number of carbonyl (C=O) groups is 1. The highest BCUT2D eigenvalue weighted by molar-refractivity contribution is 5.92. The normalized spacial score (nSPS) is 14.6. The second kappa shape index (κ2) is 6.46. The Balaban J connectivity index is 1.90. The van der Waals surface area contributed by atoms with Crippen molar-refractivity contribution in [3.8, 4) is 0 Å². The van der Waals surface area contributed by atoms with Crippen LogP contribution in [0.2, 0.25) is 0 Å². The van der Waals surface area contributed by atoms with E-state index in [1.807, 2.05) is 6.08 Å². The van der Waals surface area contributed by atoms with Crippen molar-refractivity contribution in [2.75, 3.05) is 7.11 Å². The van der Waals surface area contributed by atoms with Crippen LogP contribution < -0.4 is 0 Å². The van der Waals surface area contributed by atoms with Crippen molar-refractivity contribution in [1.82, 2.24) is 10.2 Å². The number of hydrogen-bond acceptors (Lipinski definition) is 3. The van der Waals surface area contributed by atoms with Gasteiger partial charge in [-0.25, -0.2) is 13.6 Å². The van der Waals surface area contributed by atoms with Crippen molar-refractivity contribution in [2.24, 2.45) is 0 Å². The zero-order valence-electron chi connectivity index (χ0n) is 14.5. The second-order valence-corrected chi connectivity index (χ2v) is 6.46. The number of ether oxygens (including phenoxy) is 1. The number of hydrogen-bond donors (Lipinski definition) is 1. The van der Waals surface area contributed by atoms with Gasteiger partial charge >= 0.3 is 5.97 Å². The zero-order valence-corrected chi connectivity index (χ0v) is 14.5. The number of benzene rings is 2. The minimum Gasteiger partial charge on any atom is -0.464 e. The first-order valence-corrected chi connectivity index (χ1v) is 8.40. The molecule has 0 spiro atoms. The first-order valence-electron chi connectivity index (χ1n) is 8.40. The third kappa shape index (κ3) is 2.83. The maximum Gasteiger partial charge on any atom is 0.359 e. The van der Waals surface area contributed by atoms with Crippen LogP contribution in [0.1, 0.15) is 32.9 Å². The number of rotatable bonds is 3. The minimum absolute atomic E-state index is 0.191. The Morgan fingerprint density at radius 3 is 2.30 bits per heavy atom. The Hall–Kier alpha value is -3.28. The van der Waals surface area contributed by atoms with Gasteiger partial charge in [0.05, 0.1) is 7.11 Å². The predicted octanol–water partition coefficient (Wildman–Crippen LogP) is 4.03. The van der Waals surface area contributed by atoms with Crippen LogP contribution >= 0.6 is 0 Å². The third-order valence-corrected chi connectivity index (χ3v) is 4.93. The average molecular weight is 366 g/mol. The Labute approximate surface area is 154 Å². The molecule has 27 heavy (non-hydrogen) atoms. The van der Waals surface area contributed by atoms with Gasteiger partial charge in [0, 0.05) is 23.1 Å². The van der Waals surface area contributed by atoms with Gasteiger partial charge in [-0.05, 0) is 35.4 Å². The molecule has 0 saturated heterocycles. The monoisotopic (exact) mass is 366 g/mol. The SMILES string of the molecule is COC(=O)c1n[nH]c2c1C=CC(c1cccc(F)c1)(c1cccc(F)c1)C2. The van der Waals surface area contributed by atoms with E-state index >= 15 is 0 Å². The number of H-pyrrole nitrogens is 1. The number of nitrogens with zero attached hydrogens (tertiary/aromatic N) is 1. The number of aromatic nitrogens is 2. The molecular formula is C21H16F2N2O2. The van der Waals surface area contributed by atoms with Crippen LogP contribution in [-0.2, 0) is 16.6 Å². The van der Waals surface area contributed by atoms with Gasteiger partial charge < -0.3 is 4.74 Å². The lowest BCUT2D eigenvalue weighted by Crippen LogP contribution is -2.31. The summed E-state index contributed by atoms with van der Waals surface area (Å²) in [6.45, 7) is 0. The molecule has 1 N–H and O–H groups in total. The number of aromatic amines is 1. The lowest BCUT2D eigenvalue weighted by atomic mass is 9.68. The Morgan fingerprint density at radius 2 is 1.74 bits per heavy atom. The van der Waals surface area contributed by atoms with E-state index in [1.54, 1.807) is 30.3 Å². The maximum absolute atomic E-state index is 14.0. The summed E-state index contributed by atoms with van der Waals surface area (Å²) in [4.78, 5) is 11.9. The molecule has 0 bridgehead atoms. The Morgan fingerprint density at radius 1 is 1.11 bits per heavy atom. The van der Waals surface area contributed by atoms with Gasteiger partial charge in [0.25, 0.3) is 0 Å². The molecule has 4 nitrogen and oxygen atoms in total. The van der Waals surface area contributed by atoms with Crippen LogP contribution in [0.3, 0.4) is 0 Å². The fraction of sp³-hybridized carbons (Fsp3) is 0.143. The molecule has 4 rings (SSSR count). The van der Waals surface area contributed by atoms with E-state index in [4.69, 9.17) is 4.74 Å². The fourth-order valence-electron chi connectivity index (χ4n) is 3.61. The average Bonchev–Trinajstić information content (AvgIpc) is 3.10. The van der Waals surface area contributed by atoms with Crippen molar-refractivity contribution in [1.29, 1.82) is 0 Å². The molecule has 3 aromatic rings. The van der Waals surface area contributed by atoms with Crippen LogP contribution in [0.4, 0.5) is 8.78 Å². The lowest BCUT2D eigenvalue weighted by Gasteiger charge is -2.34. The smallest absolute Gasteiger partial charge is 0.359 e. The second-order valence-electron chi connectivity index (χ2n) is 6.46. The number of nitrogens with one attached hydrogen (secondary N) is 1. The number of carbonyl (C=O) groups excluding carboxylic acids is 1. The third-order valence-electron chi connectivity index (χ3n) is 4.93. The standard InChI is InChI=1S/C21H16F2N2O2/c1-27-20(26)19-17-8-9-21(12-18(17)24-25-19,13-4-2-6-15(22)10-13)14-5-3-7-16(23)11-14/h2-11H,12H2,1H3,(H,24,25). The molecule has 0 radical (unpaired) electrons. The zero-order chi connectivity index (χ0) is 19.0. The number of fused-ring (bicyclic) bond motifs is 1. The predicted molar refractivity (Wildman–Crippen MR) is 96.2 cm³/mol. The summed E-state index contributed by atoms with van der Waals surface area (Å²) in [5.41, 5.74) is 2.10. The van der Waals surface area contributed by atoms with Crippen molar-refractivity contribution < 1.29 is 18.3 Å². The molecular weight excluding hydrogens is 350 g/mol. The van der Waals surface area contributed by atoms with E-state index in [2.05, 4.69) is 10.2 Å². The molecule has 136 valence electrons. The number of allylic oxidation sites excluding steroid dienone is 1. The van der Waals surface area contributed by atoms with Crippen molar-refractivity contribution >= 4 is 12.0 Å². The van der Waals surface area contributed by atoms with Crippen LogP contribution in [0.15, 0.2) is 54.6 Å². The molecule has 0 atom stereocenters. The van der Waals surface area contributed by atoms with E-state index in [0.717, 1.165) is 0 Å². The molecule has 2 aromatic carbocycles. The molecule has 0 aliphatic heterocycles. The largest absolute Gasteiger partial charge is 0.464 e. The van der Waals surface area contributed by atoms with Gasteiger partial charge in [-0.15, -0.1) is 0 Å². The number of halogens is 2. The van der Waals surface area contributed by atoms with E-state index in [-0.39, 0.29) is 17.3 Å². The molecule has 0 amide bonds. The van der Waals surface area contributed by atoms with Crippen LogP contribution in [0.5, 0.6) is 0 Å². The summed E-state index contributed by atoms with van der Waals surface area (Å²) in [6.07, 6.45) is 3.99. The molecule has 1 aliphatic rings. The highest BCUT2D eigenvalue weighted by Crippen LogP contribution is 2.42. The molecule has 0 unspecified atom stereocenters. The highest BCUT2D eigenvalue weighted by atomic mass is 19.1. The van der Waals surface area contributed by atoms with Crippen molar-refractivity contribution in [3.05, 3.63) is 94.3 Å². The lowest BCUT2D eigenvalue weighted by molar-refractivity contribution is 0.0593. The first-order chi connectivity index (χ1) is 13.0. The van der Waals surface area contributed by atoms with E-state index < -0.39 is 11.4 Å². The summed E-state index contributed by atoms with van der Waals surface area (Å²) in [7, 11) is 1.29. The Kier molecular flexibility index (Phi) is 4.11. The molecule has 1 aliphatic carbocycles. The van der Waals surface area contributed by atoms with Gasteiger partial charge in [0.2, 0.25) is 0 Å². The summed E-state index contributed by atoms with van der Waals surface area (Å²) < 4.78 is 32.7. The van der Waals surface area contributed by atoms with Gasteiger partial charge in [-0.1, -0.05) is 36.4 Å². The van der Waals surface area contributed by atoms with Crippen LogP contribution in [0, 0.1) is 11.6 Å². The summed E-state index contributed by atoms with van der Waals surface area (Å²) in [5.74, 6) is -1.29. The van der Waals surface area contributed by atoms with Gasteiger partial charge in [-0.3, -0.25) is 5.10 Å². The Bertz CT molecular complexity index is 1010. The van der Waals surface area contributed by atoms with Crippen LogP contribution in [0.25, 0.3) is 6.08 Å². The van der Waals surface area contributed by atoms with E-state index in [1.165, 1.54) is 31.4 Å². The minimum atomic E-state index is -0.795. The molecule has 1 aromatic heterocycles. The van der Waals surface area contributed by atoms with Crippen molar-refractivity contribution in [3.63, 3.8) is 0 Å². The molecule has 1 heterocycles. The van der Waals surface area contributed by atoms with Gasteiger partial charge in [0.15, 0.2) is 5.69 Å². The maximum atomic E-state index is 14.0. The first kappa shape index (κ1) is 17.1. The summed E-state index contributed by atoms with van der Waals surface area (Å²) >= 11 is 0. The van der Waals surface area contributed by atoms with Crippen LogP contribution in [-0.4, -0.2) is 23.3 Å². The quantitative estimate of drug-likeness (QED) is 0.712. The highest BCUT2D eigenvalue weighted by Gasteiger charge is 2.37. The molecule has 6 heteroatoms. The van der Waals surface area contributed by atoms with Gasteiger partial charge in [0.1, 0.15) is 11.6 Å². The number of esters is 1. The van der Waals surface area contributed by atoms with E-state index in [9.17, 15) is 13.6 Å². The number of methoxy groups -OCH3 is 1. The molecule has 0 fully saturated rings. The topological polar surface area (TPSA) is 55.0 Å². The summed E-state index contributed by atoms with van der Waals surface area (Å²) in [6, 6.07) is 12.5. The summed E-state index contributed by atoms with van der Waals surface area (Å²) in [5, 5.41) is 6.93.